The van der Waals surface area contributed by atoms with Crippen LogP contribution in [0.15, 0.2) is 36.4 Å². The number of rotatable bonds is 5. The van der Waals surface area contributed by atoms with Crippen LogP contribution in [0.25, 0.3) is 11.3 Å². The number of carbonyl (C=O) groups is 1. The molecule has 0 unspecified atom stereocenters. The van der Waals surface area contributed by atoms with Crippen LogP contribution in [-0.2, 0) is 0 Å². The fraction of sp³-hybridized carbons (Fsp3) is 0.273. The first-order valence-corrected chi connectivity index (χ1v) is 9.40. The van der Waals surface area contributed by atoms with E-state index in [0.717, 1.165) is 16.7 Å². The van der Waals surface area contributed by atoms with Crippen molar-refractivity contribution in [3.8, 4) is 22.8 Å². The number of aliphatic hydroxyl groups is 1. The summed E-state index contributed by atoms with van der Waals surface area (Å²) in [6.07, 6.45) is 0. The zero-order chi connectivity index (χ0) is 20.7. The number of aryl methyl sites for hydroxylation is 2. The van der Waals surface area contributed by atoms with Gasteiger partial charge in [-0.1, -0.05) is 18.2 Å². The van der Waals surface area contributed by atoms with Crippen molar-refractivity contribution in [3.63, 3.8) is 0 Å². The Kier molecular flexibility index (Phi) is 4.76. The molecular weight excluding hydrogens is 370 g/mol. The third-order valence-electron chi connectivity index (χ3n) is 5.31. The maximum atomic E-state index is 13.0. The van der Waals surface area contributed by atoms with Gasteiger partial charge >= 0.3 is 0 Å². The van der Waals surface area contributed by atoms with Gasteiger partial charge in [0.05, 0.1) is 19.8 Å². The van der Waals surface area contributed by atoms with Crippen molar-refractivity contribution in [2.24, 2.45) is 0 Å². The lowest BCUT2D eigenvalue weighted by Gasteiger charge is -2.26. The third-order valence-corrected chi connectivity index (χ3v) is 5.31. The van der Waals surface area contributed by atoms with Crippen LogP contribution < -0.4 is 4.74 Å². The number of nitrogens with zero attached hydrogens (tertiary/aromatic N) is 2. The van der Waals surface area contributed by atoms with Gasteiger partial charge in [-0.3, -0.25) is 9.89 Å². The van der Waals surface area contributed by atoms with Gasteiger partial charge in [0.15, 0.2) is 0 Å². The minimum absolute atomic E-state index is 0.120. The van der Waals surface area contributed by atoms with Crippen molar-refractivity contribution in [1.29, 1.82) is 0 Å². The van der Waals surface area contributed by atoms with E-state index in [4.69, 9.17) is 4.74 Å². The number of amides is 1. The maximum Gasteiger partial charge on any atom is 0.273 e. The number of hydrogen-bond donors (Lipinski definition) is 3. The highest BCUT2D eigenvalue weighted by Crippen LogP contribution is 2.45. The number of methoxy groups -OCH3 is 1. The number of hydrogen-bond acceptors (Lipinski definition) is 5. The molecule has 2 aromatic carbocycles. The molecule has 2 heterocycles. The molecule has 0 spiro atoms. The van der Waals surface area contributed by atoms with E-state index in [-0.39, 0.29) is 24.8 Å². The van der Waals surface area contributed by atoms with E-state index < -0.39 is 6.04 Å². The number of aromatic amines is 1. The Morgan fingerprint density at radius 2 is 2.03 bits per heavy atom. The number of benzene rings is 2. The number of H-pyrrole nitrogens is 1. The smallest absolute Gasteiger partial charge is 0.273 e. The first-order chi connectivity index (χ1) is 14.0. The van der Waals surface area contributed by atoms with Crippen molar-refractivity contribution in [3.05, 3.63) is 64.3 Å². The third kappa shape index (κ3) is 3.03. The summed E-state index contributed by atoms with van der Waals surface area (Å²) in [6.45, 7) is 3.85. The van der Waals surface area contributed by atoms with Gasteiger partial charge < -0.3 is 19.8 Å². The minimum Gasteiger partial charge on any atom is -0.507 e. The lowest BCUT2D eigenvalue weighted by Crippen LogP contribution is -2.32. The van der Waals surface area contributed by atoms with E-state index in [9.17, 15) is 15.0 Å². The number of nitrogens with one attached hydrogen (secondary N) is 1. The molecule has 0 aliphatic carbocycles. The fourth-order valence-corrected chi connectivity index (χ4v) is 4.14. The van der Waals surface area contributed by atoms with Gasteiger partial charge in [-0.2, -0.15) is 5.10 Å². The number of carbonyl (C=O) groups excluding carboxylic acids is 1. The number of aliphatic hydroxyl groups excluding tert-OH is 1. The van der Waals surface area contributed by atoms with Gasteiger partial charge in [-0.05, 0) is 48.7 Å². The molecule has 1 aliphatic rings. The zero-order valence-electron chi connectivity index (χ0n) is 16.6. The number of β-amino-alcohol motifs (C(OH)–C–C–N with tert-alkyl or cyclic N) is 1. The van der Waals surface area contributed by atoms with E-state index in [1.807, 2.05) is 44.2 Å². The van der Waals surface area contributed by atoms with Crippen molar-refractivity contribution in [1.82, 2.24) is 15.1 Å². The van der Waals surface area contributed by atoms with Crippen molar-refractivity contribution in [2.45, 2.75) is 19.9 Å². The summed E-state index contributed by atoms with van der Waals surface area (Å²) in [5.74, 6) is 0.561. The topological polar surface area (TPSA) is 98.7 Å². The second kappa shape index (κ2) is 7.25. The summed E-state index contributed by atoms with van der Waals surface area (Å²) >= 11 is 0. The number of aromatic nitrogens is 2. The van der Waals surface area contributed by atoms with Gasteiger partial charge in [0.1, 0.15) is 22.9 Å². The Balaban J connectivity index is 1.94. The molecule has 0 bridgehead atoms. The highest BCUT2D eigenvalue weighted by atomic mass is 16.5. The molecule has 4 rings (SSSR count). The Morgan fingerprint density at radius 1 is 1.24 bits per heavy atom. The largest absolute Gasteiger partial charge is 0.507 e. The molecule has 1 aliphatic heterocycles. The van der Waals surface area contributed by atoms with E-state index in [2.05, 4.69) is 10.2 Å². The molecule has 0 saturated heterocycles. The van der Waals surface area contributed by atoms with E-state index in [1.165, 1.54) is 0 Å². The zero-order valence-corrected chi connectivity index (χ0v) is 16.6. The van der Waals surface area contributed by atoms with Gasteiger partial charge in [-0.25, -0.2) is 0 Å². The summed E-state index contributed by atoms with van der Waals surface area (Å²) in [4.78, 5) is 14.7. The first kappa shape index (κ1) is 19.0. The number of aromatic hydroxyl groups is 1. The molecule has 0 fully saturated rings. The fourth-order valence-electron chi connectivity index (χ4n) is 4.14. The molecular formula is C22H23N3O4. The predicted molar refractivity (Wildman–Crippen MR) is 108 cm³/mol. The number of phenols is 1. The molecule has 3 N–H and O–H groups in total. The van der Waals surface area contributed by atoms with Crippen LogP contribution in [0.4, 0.5) is 0 Å². The molecule has 150 valence electrons. The van der Waals surface area contributed by atoms with Crippen LogP contribution in [0.3, 0.4) is 0 Å². The SMILES string of the molecule is COc1cccc([C@H]2c3c(-c4c(C)cc(C)cc4O)n[nH]c3C(=O)N2CCO)c1. The molecule has 1 aromatic heterocycles. The molecule has 0 radical (unpaired) electrons. The summed E-state index contributed by atoms with van der Waals surface area (Å²) in [6, 6.07) is 10.7. The maximum absolute atomic E-state index is 13.0. The number of phenolic OH excluding ortho intramolecular Hbond substituents is 1. The second-order valence-corrected chi connectivity index (χ2v) is 7.24. The summed E-state index contributed by atoms with van der Waals surface area (Å²) in [5.41, 5.74) is 4.86. The van der Waals surface area contributed by atoms with E-state index >= 15 is 0 Å². The Morgan fingerprint density at radius 3 is 2.72 bits per heavy atom. The Labute approximate surface area is 168 Å². The molecule has 7 nitrogen and oxygen atoms in total. The monoisotopic (exact) mass is 393 g/mol. The molecule has 3 aromatic rings. The molecule has 1 atom stereocenters. The second-order valence-electron chi connectivity index (χ2n) is 7.24. The molecule has 7 heteroatoms. The van der Waals surface area contributed by atoms with Crippen LogP contribution in [-0.4, -0.2) is 51.5 Å². The summed E-state index contributed by atoms with van der Waals surface area (Å²) in [7, 11) is 1.59. The first-order valence-electron chi connectivity index (χ1n) is 9.40. The number of fused-ring (bicyclic) bond motifs is 1. The van der Waals surface area contributed by atoms with E-state index in [0.29, 0.717) is 28.3 Å². The van der Waals surface area contributed by atoms with E-state index in [1.54, 1.807) is 18.1 Å². The summed E-state index contributed by atoms with van der Waals surface area (Å²) < 4.78 is 5.36. The van der Waals surface area contributed by atoms with Crippen LogP contribution >= 0.6 is 0 Å². The minimum atomic E-state index is -0.450. The van der Waals surface area contributed by atoms with Crippen LogP contribution in [0.1, 0.15) is 38.8 Å². The predicted octanol–water partition coefficient (Wildman–Crippen LogP) is 2.95. The quantitative estimate of drug-likeness (QED) is 0.619. The number of ether oxygens (including phenoxy) is 1. The van der Waals surface area contributed by atoms with Gasteiger partial charge in [0.2, 0.25) is 0 Å². The molecule has 0 saturated carbocycles. The highest BCUT2D eigenvalue weighted by molar-refractivity contribution is 6.00. The lowest BCUT2D eigenvalue weighted by atomic mass is 9.93. The van der Waals surface area contributed by atoms with Crippen LogP contribution in [0.5, 0.6) is 11.5 Å². The normalized spacial score (nSPS) is 15.7. The van der Waals surface area contributed by atoms with Crippen LogP contribution in [0.2, 0.25) is 0 Å². The average Bonchev–Trinajstić information content (AvgIpc) is 3.21. The Bertz CT molecular complexity index is 1070. The van der Waals surface area contributed by atoms with Gasteiger partial charge in [-0.15, -0.1) is 0 Å². The Hall–Kier alpha value is -3.32. The van der Waals surface area contributed by atoms with Crippen LogP contribution in [0, 0.1) is 13.8 Å². The van der Waals surface area contributed by atoms with Crippen molar-refractivity contribution < 1.29 is 19.7 Å². The van der Waals surface area contributed by atoms with Gasteiger partial charge in [0, 0.05) is 17.7 Å². The molecule has 29 heavy (non-hydrogen) atoms. The van der Waals surface area contributed by atoms with Crippen molar-refractivity contribution in [2.75, 3.05) is 20.3 Å². The highest BCUT2D eigenvalue weighted by Gasteiger charge is 2.42. The standard InChI is InChI=1S/C22H23N3O4/c1-12-9-13(2)17(16(27)10-12)19-18-20(24-23-19)22(28)25(7-8-26)21(18)14-5-4-6-15(11-14)29-3/h4-6,9-11,21,26-27H,7-8H2,1-3H3,(H,23,24)/t21-/m0/s1. The average molecular weight is 393 g/mol. The van der Waals surface area contributed by atoms with Crippen molar-refractivity contribution >= 4 is 5.91 Å². The summed E-state index contributed by atoms with van der Waals surface area (Å²) in [5, 5.41) is 27.4. The van der Waals surface area contributed by atoms with Gasteiger partial charge in [0.25, 0.3) is 5.91 Å². The lowest BCUT2D eigenvalue weighted by molar-refractivity contribution is 0.0706. The molecule has 1 amide bonds.